The molecule has 5 nitrogen and oxygen atoms in total. The average molecular weight is 277 g/mol. The summed E-state index contributed by atoms with van der Waals surface area (Å²) in [6.07, 6.45) is 3.05. The highest BCUT2D eigenvalue weighted by atomic mass is 16.6. The SMILES string of the molecule is COc1ccc(/C=C\C=O)c(NC(=O)OC(C)(C)C)c1. The number of aldehydes is 1. The normalized spacial score (nSPS) is 11.2. The maximum absolute atomic E-state index is 11.8. The van der Waals surface area contributed by atoms with Crippen LogP contribution in [-0.2, 0) is 9.53 Å². The van der Waals surface area contributed by atoms with Crippen LogP contribution in [0.1, 0.15) is 26.3 Å². The fourth-order valence-corrected chi connectivity index (χ4v) is 1.47. The second kappa shape index (κ2) is 6.75. The minimum atomic E-state index is -0.582. The maximum atomic E-state index is 11.8. The molecular weight excluding hydrogens is 258 g/mol. The molecule has 1 N–H and O–H groups in total. The number of rotatable bonds is 4. The molecule has 0 aromatic heterocycles. The van der Waals surface area contributed by atoms with E-state index in [0.29, 0.717) is 23.3 Å². The summed E-state index contributed by atoms with van der Waals surface area (Å²) in [6.45, 7) is 5.35. The summed E-state index contributed by atoms with van der Waals surface area (Å²) >= 11 is 0. The molecule has 0 heterocycles. The molecule has 0 aliphatic carbocycles. The third kappa shape index (κ3) is 5.14. The van der Waals surface area contributed by atoms with Crippen molar-refractivity contribution in [3.05, 3.63) is 29.8 Å². The van der Waals surface area contributed by atoms with Gasteiger partial charge in [0, 0.05) is 6.07 Å². The van der Waals surface area contributed by atoms with E-state index in [0.717, 1.165) is 0 Å². The monoisotopic (exact) mass is 277 g/mol. The molecule has 0 spiro atoms. The van der Waals surface area contributed by atoms with E-state index in [-0.39, 0.29) is 0 Å². The summed E-state index contributed by atoms with van der Waals surface area (Å²) in [5.74, 6) is 0.597. The molecule has 108 valence electrons. The summed E-state index contributed by atoms with van der Waals surface area (Å²) in [5.41, 5.74) is 0.613. The van der Waals surface area contributed by atoms with Crippen molar-refractivity contribution in [3.8, 4) is 5.75 Å². The fraction of sp³-hybridized carbons (Fsp3) is 0.333. The number of amides is 1. The van der Waals surface area contributed by atoms with Crippen molar-refractivity contribution in [2.75, 3.05) is 12.4 Å². The van der Waals surface area contributed by atoms with Crippen LogP contribution >= 0.6 is 0 Å². The first kappa shape index (κ1) is 15.8. The maximum Gasteiger partial charge on any atom is 0.412 e. The number of hydrogen-bond donors (Lipinski definition) is 1. The summed E-state index contributed by atoms with van der Waals surface area (Å²) < 4.78 is 10.3. The number of nitrogens with one attached hydrogen (secondary N) is 1. The molecule has 5 heteroatoms. The summed E-state index contributed by atoms with van der Waals surface area (Å²) in [5, 5.41) is 2.64. The van der Waals surface area contributed by atoms with E-state index in [2.05, 4.69) is 5.32 Å². The van der Waals surface area contributed by atoms with Gasteiger partial charge in [0.05, 0.1) is 12.8 Å². The lowest BCUT2D eigenvalue weighted by molar-refractivity contribution is -0.104. The van der Waals surface area contributed by atoms with Crippen molar-refractivity contribution in [1.29, 1.82) is 0 Å². The Hall–Kier alpha value is -2.30. The van der Waals surface area contributed by atoms with Gasteiger partial charge in [-0.05, 0) is 50.6 Å². The number of anilines is 1. The second-order valence-electron chi connectivity index (χ2n) is 5.08. The van der Waals surface area contributed by atoms with Crippen LogP contribution in [0.2, 0.25) is 0 Å². The highest BCUT2D eigenvalue weighted by Gasteiger charge is 2.17. The van der Waals surface area contributed by atoms with Crippen molar-refractivity contribution < 1.29 is 19.1 Å². The fourth-order valence-electron chi connectivity index (χ4n) is 1.47. The van der Waals surface area contributed by atoms with Gasteiger partial charge in [0.2, 0.25) is 0 Å². The number of methoxy groups -OCH3 is 1. The molecule has 0 saturated heterocycles. The third-order valence-electron chi connectivity index (χ3n) is 2.25. The Morgan fingerprint density at radius 1 is 1.30 bits per heavy atom. The first-order chi connectivity index (χ1) is 9.35. The van der Waals surface area contributed by atoms with Crippen LogP contribution in [0.3, 0.4) is 0 Å². The van der Waals surface area contributed by atoms with Gasteiger partial charge in [-0.3, -0.25) is 10.1 Å². The van der Waals surface area contributed by atoms with Crippen LogP contribution < -0.4 is 10.1 Å². The molecule has 0 aliphatic rings. The zero-order chi connectivity index (χ0) is 15.2. The van der Waals surface area contributed by atoms with Gasteiger partial charge < -0.3 is 9.47 Å². The standard InChI is InChI=1S/C15H19NO4/c1-15(2,3)20-14(18)16-13-10-12(19-4)8-7-11(13)6-5-9-17/h5-10H,1-4H3,(H,16,18)/b6-5-. The van der Waals surface area contributed by atoms with Crippen LogP contribution in [0, 0.1) is 0 Å². The van der Waals surface area contributed by atoms with Gasteiger partial charge in [0.25, 0.3) is 0 Å². The minimum Gasteiger partial charge on any atom is -0.497 e. The molecular formula is C15H19NO4. The highest BCUT2D eigenvalue weighted by molar-refractivity contribution is 5.89. The Bertz CT molecular complexity index is 515. The molecule has 1 aromatic carbocycles. The zero-order valence-electron chi connectivity index (χ0n) is 12.1. The molecule has 0 atom stereocenters. The van der Waals surface area contributed by atoms with Gasteiger partial charge in [-0.25, -0.2) is 4.79 Å². The summed E-state index contributed by atoms with van der Waals surface area (Å²) in [6, 6.07) is 5.14. The summed E-state index contributed by atoms with van der Waals surface area (Å²) in [4.78, 5) is 22.2. The molecule has 1 rings (SSSR count). The minimum absolute atomic E-state index is 0.511. The molecule has 0 bridgehead atoms. The molecule has 0 saturated carbocycles. The number of hydrogen-bond acceptors (Lipinski definition) is 4. The van der Waals surface area contributed by atoms with E-state index < -0.39 is 11.7 Å². The van der Waals surface area contributed by atoms with Crippen molar-refractivity contribution in [2.24, 2.45) is 0 Å². The van der Waals surface area contributed by atoms with Crippen molar-refractivity contribution >= 4 is 24.1 Å². The molecule has 0 fully saturated rings. The number of benzene rings is 1. The van der Waals surface area contributed by atoms with Crippen molar-refractivity contribution in [3.63, 3.8) is 0 Å². The Balaban J connectivity index is 2.98. The molecule has 0 unspecified atom stereocenters. The average Bonchev–Trinajstić information content (AvgIpc) is 2.34. The lowest BCUT2D eigenvalue weighted by atomic mass is 10.1. The first-order valence-electron chi connectivity index (χ1n) is 6.15. The van der Waals surface area contributed by atoms with Crippen molar-refractivity contribution in [2.45, 2.75) is 26.4 Å². The quantitative estimate of drug-likeness (QED) is 0.677. The van der Waals surface area contributed by atoms with Gasteiger partial charge in [-0.2, -0.15) is 0 Å². The van der Waals surface area contributed by atoms with Crippen molar-refractivity contribution in [1.82, 2.24) is 0 Å². The van der Waals surface area contributed by atoms with Gasteiger partial charge in [-0.15, -0.1) is 0 Å². The van der Waals surface area contributed by atoms with Crippen LogP contribution in [0.5, 0.6) is 5.75 Å². The van der Waals surface area contributed by atoms with E-state index in [4.69, 9.17) is 9.47 Å². The van der Waals surface area contributed by atoms with Crippen LogP contribution in [0.4, 0.5) is 10.5 Å². The number of ether oxygens (including phenoxy) is 2. The third-order valence-corrected chi connectivity index (χ3v) is 2.25. The van der Waals surface area contributed by atoms with Crippen LogP contribution in [0.25, 0.3) is 6.08 Å². The largest absolute Gasteiger partial charge is 0.497 e. The number of carbonyl (C=O) groups excluding carboxylic acids is 2. The Morgan fingerprint density at radius 2 is 2.00 bits per heavy atom. The van der Waals surface area contributed by atoms with E-state index in [1.54, 1.807) is 45.0 Å². The van der Waals surface area contributed by atoms with E-state index in [1.165, 1.54) is 13.2 Å². The molecule has 0 aliphatic heterocycles. The first-order valence-corrected chi connectivity index (χ1v) is 6.15. The number of carbonyl (C=O) groups is 2. The molecule has 0 radical (unpaired) electrons. The Labute approximate surface area is 118 Å². The molecule has 20 heavy (non-hydrogen) atoms. The second-order valence-corrected chi connectivity index (χ2v) is 5.08. The lowest BCUT2D eigenvalue weighted by Gasteiger charge is -2.20. The predicted molar refractivity (Wildman–Crippen MR) is 77.9 cm³/mol. The van der Waals surface area contributed by atoms with Crippen LogP contribution in [0.15, 0.2) is 24.3 Å². The van der Waals surface area contributed by atoms with E-state index in [1.807, 2.05) is 0 Å². The Kier molecular flexibility index (Phi) is 5.32. The lowest BCUT2D eigenvalue weighted by Crippen LogP contribution is -2.27. The zero-order valence-corrected chi connectivity index (χ0v) is 12.1. The predicted octanol–water partition coefficient (Wildman–Crippen LogP) is 3.25. The van der Waals surface area contributed by atoms with Gasteiger partial charge in [0.1, 0.15) is 17.6 Å². The summed E-state index contributed by atoms with van der Waals surface area (Å²) in [7, 11) is 1.54. The van der Waals surface area contributed by atoms with E-state index >= 15 is 0 Å². The Morgan fingerprint density at radius 3 is 2.55 bits per heavy atom. The smallest absolute Gasteiger partial charge is 0.412 e. The number of allylic oxidation sites excluding steroid dienone is 1. The molecule has 1 aromatic rings. The van der Waals surface area contributed by atoms with Crippen LogP contribution in [-0.4, -0.2) is 25.1 Å². The van der Waals surface area contributed by atoms with Gasteiger partial charge >= 0.3 is 6.09 Å². The van der Waals surface area contributed by atoms with E-state index in [9.17, 15) is 9.59 Å². The van der Waals surface area contributed by atoms with Gasteiger partial charge in [-0.1, -0.05) is 0 Å². The highest BCUT2D eigenvalue weighted by Crippen LogP contribution is 2.24. The molecule has 1 amide bonds. The topological polar surface area (TPSA) is 64.6 Å². The van der Waals surface area contributed by atoms with Gasteiger partial charge in [0.15, 0.2) is 0 Å².